The number of carboxylic acid groups (broad SMARTS) is 1. The van der Waals surface area contributed by atoms with E-state index in [-0.39, 0.29) is 12.3 Å². The molecule has 5 heteroatoms. The van der Waals surface area contributed by atoms with E-state index in [1.165, 1.54) is 0 Å². The van der Waals surface area contributed by atoms with Crippen molar-refractivity contribution in [3.05, 3.63) is 32.9 Å². The molecule has 0 saturated heterocycles. The summed E-state index contributed by atoms with van der Waals surface area (Å²) in [4.78, 5) is 22.8. The average Bonchev–Trinajstić information content (AvgIpc) is 2.18. The standard InChI is InChI=1S/C13H16INO3/c1-8-5-4-6-9(11(8)14)12(18)15-13(2,3)7-10(16)17/h4-6H,7H2,1-3H3,(H,15,18)(H,16,17). The molecule has 0 aliphatic carbocycles. The predicted octanol–water partition coefficient (Wildman–Crippen LogP) is 2.58. The molecule has 0 aromatic heterocycles. The van der Waals surface area contributed by atoms with Crippen LogP contribution in [0.1, 0.15) is 36.2 Å². The third-order valence-corrected chi connectivity index (χ3v) is 3.91. The Hall–Kier alpha value is -1.11. The van der Waals surface area contributed by atoms with Crippen LogP contribution in [-0.4, -0.2) is 22.5 Å². The van der Waals surface area contributed by atoms with E-state index >= 15 is 0 Å². The average molecular weight is 361 g/mol. The van der Waals surface area contributed by atoms with Gasteiger partial charge in [-0.25, -0.2) is 0 Å². The predicted molar refractivity (Wildman–Crippen MR) is 77.7 cm³/mol. The molecule has 18 heavy (non-hydrogen) atoms. The van der Waals surface area contributed by atoms with Crippen LogP contribution in [0.3, 0.4) is 0 Å². The molecular weight excluding hydrogens is 345 g/mol. The van der Waals surface area contributed by atoms with Crippen molar-refractivity contribution in [3.8, 4) is 0 Å². The molecular formula is C13H16INO3. The van der Waals surface area contributed by atoms with Gasteiger partial charge in [0.25, 0.3) is 5.91 Å². The lowest BCUT2D eigenvalue weighted by Crippen LogP contribution is -2.45. The van der Waals surface area contributed by atoms with E-state index in [0.29, 0.717) is 5.56 Å². The SMILES string of the molecule is Cc1cccc(C(=O)NC(C)(C)CC(=O)O)c1I. The molecule has 0 aliphatic rings. The third-order valence-electron chi connectivity index (χ3n) is 2.48. The Kier molecular flexibility index (Phi) is 4.72. The van der Waals surface area contributed by atoms with Crippen LogP contribution in [0.15, 0.2) is 18.2 Å². The van der Waals surface area contributed by atoms with Crippen LogP contribution in [0.5, 0.6) is 0 Å². The maximum Gasteiger partial charge on any atom is 0.305 e. The van der Waals surface area contributed by atoms with Crippen LogP contribution in [0.2, 0.25) is 0 Å². The molecule has 0 aliphatic heterocycles. The molecule has 1 aromatic carbocycles. The van der Waals surface area contributed by atoms with Crippen molar-refractivity contribution in [2.75, 3.05) is 0 Å². The zero-order valence-electron chi connectivity index (χ0n) is 10.6. The smallest absolute Gasteiger partial charge is 0.305 e. The van der Waals surface area contributed by atoms with E-state index < -0.39 is 11.5 Å². The lowest BCUT2D eigenvalue weighted by Gasteiger charge is -2.24. The summed E-state index contributed by atoms with van der Waals surface area (Å²) in [5, 5.41) is 11.5. The molecule has 1 amide bonds. The highest BCUT2D eigenvalue weighted by molar-refractivity contribution is 14.1. The van der Waals surface area contributed by atoms with Gasteiger partial charge in [0, 0.05) is 9.11 Å². The summed E-state index contributed by atoms with van der Waals surface area (Å²) in [5.41, 5.74) is 0.837. The fraction of sp³-hybridized carbons (Fsp3) is 0.385. The third kappa shape index (κ3) is 3.97. The number of amides is 1. The molecule has 1 rings (SSSR count). The minimum absolute atomic E-state index is 0.110. The van der Waals surface area contributed by atoms with Gasteiger partial charge in [0.05, 0.1) is 12.0 Å². The molecule has 0 heterocycles. The summed E-state index contributed by atoms with van der Waals surface area (Å²) < 4.78 is 0.888. The number of nitrogens with one attached hydrogen (secondary N) is 1. The fourth-order valence-corrected chi connectivity index (χ4v) is 2.22. The summed E-state index contributed by atoms with van der Waals surface area (Å²) >= 11 is 2.12. The summed E-state index contributed by atoms with van der Waals surface area (Å²) in [6.45, 7) is 5.32. The first-order valence-corrected chi connectivity index (χ1v) is 6.60. The molecule has 4 nitrogen and oxygen atoms in total. The number of hydrogen-bond donors (Lipinski definition) is 2. The zero-order valence-corrected chi connectivity index (χ0v) is 12.7. The van der Waals surface area contributed by atoms with Gasteiger partial charge < -0.3 is 10.4 Å². The van der Waals surface area contributed by atoms with Crippen molar-refractivity contribution in [2.24, 2.45) is 0 Å². The Bertz CT molecular complexity index is 483. The molecule has 2 N–H and O–H groups in total. The highest BCUT2D eigenvalue weighted by Crippen LogP contribution is 2.18. The van der Waals surface area contributed by atoms with Crippen LogP contribution in [0.25, 0.3) is 0 Å². The van der Waals surface area contributed by atoms with E-state index in [9.17, 15) is 9.59 Å². The van der Waals surface area contributed by atoms with Crippen LogP contribution >= 0.6 is 22.6 Å². The van der Waals surface area contributed by atoms with Crippen molar-refractivity contribution >= 4 is 34.5 Å². The lowest BCUT2D eigenvalue weighted by molar-refractivity contribution is -0.138. The van der Waals surface area contributed by atoms with E-state index in [1.54, 1.807) is 19.9 Å². The molecule has 1 aromatic rings. The minimum Gasteiger partial charge on any atom is -0.481 e. The van der Waals surface area contributed by atoms with Gasteiger partial charge in [0.1, 0.15) is 0 Å². The van der Waals surface area contributed by atoms with Gasteiger partial charge in [-0.15, -0.1) is 0 Å². The molecule has 0 spiro atoms. The molecule has 0 saturated carbocycles. The first-order valence-electron chi connectivity index (χ1n) is 5.52. The molecule has 98 valence electrons. The van der Waals surface area contributed by atoms with Gasteiger partial charge in [-0.05, 0) is 55.0 Å². The van der Waals surface area contributed by atoms with Crippen LogP contribution < -0.4 is 5.32 Å². The van der Waals surface area contributed by atoms with Gasteiger partial charge in [-0.1, -0.05) is 12.1 Å². The maximum absolute atomic E-state index is 12.1. The van der Waals surface area contributed by atoms with Gasteiger partial charge in [0.2, 0.25) is 0 Å². The zero-order chi connectivity index (χ0) is 13.9. The second kappa shape index (κ2) is 5.69. The van der Waals surface area contributed by atoms with Crippen molar-refractivity contribution in [3.63, 3.8) is 0 Å². The number of benzene rings is 1. The number of rotatable bonds is 4. The Labute approximate surface area is 120 Å². The quantitative estimate of drug-likeness (QED) is 0.811. The van der Waals surface area contributed by atoms with E-state index in [2.05, 4.69) is 27.9 Å². The summed E-state index contributed by atoms with van der Waals surface area (Å²) in [6, 6.07) is 5.48. The number of aliphatic carboxylic acids is 1. The van der Waals surface area contributed by atoms with Crippen molar-refractivity contribution in [1.82, 2.24) is 5.32 Å². The first-order chi connectivity index (χ1) is 8.23. The monoisotopic (exact) mass is 361 g/mol. The van der Waals surface area contributed by atoms with E-state index in [1.807, 2.05) is 19.1 Å². The van der Waals surface area contributed by atoms with Gasteiger partial charge in [0.15, 0.2) is 0 Å². The number of hydrogen-bond acceptors (Lipinski definition) is 2. The maximum atomic E-state index is 12.1. The second-order valence-electron chi connectivity index (χ2n) is 4.84. The highest BCUT2D eigenvalue weighted by atomic mass is 127. The largest absolute Gasteiger partial charge is 0.481 e. The fourth-order valence-electron chi connectivity index (χ4n) is 1.62. The highest BCUT2D eigenvalue weighted by Gasteiger charge is 2.25. The lowest BCUT2D eigenvalue weighted by atomic mass is 10.00. The van der Waals surface area contributed by atoms with Crippen molar-refractivity contribution < 1.29 is 14.7 Å². The summed E-state index contributed by atoms with van der Waals surface area (Å²) in [5.74, 6) is -1.17. The summed E-state index contributed by atoms with van der Waals surface area (Å²) in [6.07, 6.45) is -0.110. The first kappa shape index (κ1) is 14.9. The second-order valence-corrected chi connectivity index (χ2v) is 5.92. The van der Waals surface area contributed by atoms with Crippen LogP contribution in [0.4, 0.5) is 0 Å². The van der Waals surface area contributed by atoms with E-state index in [0.717, 1.165) is 9.13 Å². The molecule has 0 unspecified atom stereocenters. The number of carbonyl (C=O) groups is 2. The topological polar surface area (TPSA) is 66.4 Å². The number of aryl methyl sites for hydroxylation is 1. The number of halogens is 1. The normalized spacial score (nSPS) is 11.1. The van der Waals surface area contributed by atoms with Crippen LogP contribution in [-0.2, 0) is 4.79 Å². The van der Waals surface area contributed by atoms with Crippen LogP contribution in [0, 0.1) is 10.5 Å². The Balaban J connectivity index is 2.89. The molecule has 0 radical (unpaired) electrons. The Morgan fingerprint density at radius 1 is 1.39 bits per heavy atom. The Morgan fingerprint density at radius 3 is 2.56 bits per heavy atom. The number of carbonyl (C=O) groups excluding carboxylic acids is 1. The Morgan fingerprint density at radius 2 is 2.00 bits per heavy atom. The van der Waals surface area contributed by atoms with Gasteiger partial charge >= 0.3 is 5.97 Å². The van der Waals surface area contributed by atoms with E-state index in [4.69, 9.17) is 5.11 Å². The molecule has 0 bridgehead atoms. The van der Waals surface area contributed by atoms with Crippen molar-refractivity contribution in [1.29, 1.82) is 0 Å². The summed E-state index contributed by atoms with van der Waals surface area (Å²) in [7, 11) is 0. The number of carboxylic acids is 1. The van der Waals surface area contributed by atoms with Crippen molar-refractivity contribution in [2.45, 2.75) is 32.7 Å². The molecule has 0 atom stereocenters. The van der Waals surface area contributed by atoms with Gasteiger partial charge in [-0.3, -0.25) is 9.59 Å². The molecule has 0 fully saturated rings. The van der Waals surface area contributed by atoms with Gasteiger partial charge in [-0.2, -0.15) is 0 Å². The minimum atomic E-state index is -0.931.